The standard InChI is InChI=1S/C13H9As/c1-2-6-11-10(5-1)9-14-13-8-4-3-7-12(11)13/h1-9H. The van der Waals surface area contributed by atoms with Crippen LogP contribution in [0.4, 0.5) is 0 Å². The summed E-state index contributed by atoms with van der Waals surface area (Å²) in [6.07, 6.45) is 0. The Morgan fingerprint density at radius 1 is 0.714 bits per heavy atom. The molecule has 2 aromatic rings. The van der Waals surface area contributed by atoms with E-state index in [1.807, 2.05) is 0 Å². The predicted octanol–water partition coefficient (Wildman–Crippen LogP) is 1.68. The summed E-state index contributed by atoms with van der Waals surface area (Å²) in [5, 5.41) is 4.24. The van der Waals surface area contributed by atoms with Gasteiger partial charge in [0.15, 0.2) is 0 Å². The molecule has 1 heterocycles. The van der Waals surface area contributed by atoms with Gasteiger partial charge in [0.05, 0.1) is 0 Å². The molecule has 0 nitrogen and oxygen atoms in total. The SMILES string of the molecule is C1=c2ccccc2=c2ccccc2=[As]1. The molecule has 0 fully saturated rings. The maximum absolute atomic E-state index is 2.40. The van der Waals surface area contributed by atoms with Crippen molar-refractivity contribution >= 4 is 20.2 Å². The predicted molar refractivity (Wildman–Crippen MR) is 59.2 cm³/mol. The Bertz CT molecular complexity index is 622. The summed E-state index contributed by atoms with van der Waals surface area (Å²) >= 11 is 0.226. The van der Waals surface area contributed by atoms with Gasteiger partial charge in [0, 0.05) is 0 Å². The van der Waals surface area contributed by atoms with Gasteiger partial charge in [-0.3, -0.25) is 0 Å². The topological polar surface area (TPSA) is 0 Å². The van der Waals surface area contributed by atoms with Crippen molar-refractivity contribution in [1.82, 2.24) is 0 Å². The minimum absolute atomic E-state index is 0.226. The molecule has 0 atom stereocenters. The van der Waals surface area contributed by atoms with E-state index in [4.69, 9.17) is 0 Å². The third-order valence-corrected chi connectivity index (χ3v) is 4.75. The van der Waals surface area contributed by atoms with Gasteiger partial charge < -0.3 is 0 Å². The van der Waals surface area contributed by atoms with Crippen molar-refractivity contribution in [3.8, 4) is 0 Å². The van der Waals surface area contributed by atoms with Gasteiger partial charge in [0.1, 0.15) is 0 Å². The summed E-state index contributed by atoms with van der Waals surface area (Å²) in [6.45, 7) is 0. The average Bonchev–Trinajstić information content (AvgIpc) is 2.29. The van der Waals surface area contributed by atoms with Crippen LogP contribution in [0.2, 0.25) is 0 Å². The third kappa shape index (κ3) is 1.19. The summed E-state index contributed by atoms with van der Waals surface area (Å²) < 4.78 is 1.53. The Hall–Kier alpha value is -1.13. The van der Waals surface area contributed by atoms with E-state index in [1.165, 1.54) is 19.6 Å². The van der Waals surface area contributed by atoms with Gasteiger partial charge in [-0.1, -0.05) is 0 Å². The molecule has 2 aromatic carbocycles. The summed E-state index contributed by atoms with van der Waals surface area (Å²) in [7, 11) is 0. The number of benzene rings is 2. The number of hydrogen-bond acceptors (Lipinski definition) is 0. The zero-order chi connectivity index (χ0) is 9.38. The van der Waals surface area contributed by atoms with Crippen molar-refractivity contribution in [2.45, 2.75) is 0 Å². The van der Waals surface area contributed by atoms with Gasteiger partial charge >= 0.3 is 88.3 Å². The fourth-order valence-corrected chi connectivity index (χ4v) is 3.93. The zero-order valence-corrected chi connectivity index (χ0v) is 9.52. The first-order valence-corrected chi connectivity index (χ1v) is 6.70. The van der Waals surface area contributed by atoms with Gasteiger partial charge in [-0.15, -0.1) is 0 Å². The van der Waals surface area contributed by atoms with E-state index >= 15 is 0 Å². The van der Waals surface area contributed by atoms with Crippen molar-refractivity contribution in [2.75, 3.05) is 0 Å². The Kier molecular flexibility index (Phi) is 1.89. The van der Waals surface area contributed by atoms with Gasteiger partial charge in [0.2, 0.25) is 0 Å². The van der Waals surface area contributed by atoms with E-state index in [0.29, 0.717) is 0 Å². The summed E-state index contributed by atoms with van der Waals surface area (Å²) in [5.74, 6) is 0. The Balaban J connectivity index is 2.76. The molecule has 0 saturated carbocycles. The van der Waals surface area contributed by atoms with Gasteiger partial charge in [0.25, 0.3) is 0 Å². The monoisotopic (exact) mass is 240 g/mol. The van der Waals surface area contributed by atoms with Gasteiger partial charge in [-0.05, 0) is 0 Å². The molecule has 66 valence electrons. The molecule has 3 rings (SSSR count). The molecule has 1 aliphatic rings. The van der Waals surface area contributed by atoms with E-state index in [1.54, 1.807) is 0 Å². The van der Waals surface area contributed by atoms with E-state index in [-0.39, 0.29) is 15.3 Å². The van der Waals surface area contributed by atoms with Crippen LogP contribution in [0.15, 0.2) is 48.5 Å². The summed E-state index contributed by atoms with van der Waals surface area (Å²) in [6, 6.07) is 17.4. The second kappa shape index (κ2) is 3.22. The molecule has 0 aromatic heterocycles. The zero-order valence-electron chi connectivity index (χ0n) is 7.64. The van der Waals surface area contributed by atoms with E-state index in [2.05, 4.69) is 53.4 Å². The van der Waals surface area contributed by atoms with Crippen molar-refractivity contribution in [3.05, 3.63) is 68.1 Å². The van der Waals surface area contributed by atoms with Gasteiger partial charge in [-0.2, -0.15) is 0 Å². The van der Waals surface area contributed by atoms with Crippen LogP contribution in [0.5, 0.6) is 0 Å². The van der Waals surface area contributed by atoms with Crippen LogP contribution in [0.3, 0.4) is 0 Å². The van der Waals surface area contributed by atoms with Crippen molar-refractivity contribution < 1.29 is 0 Å². The molecule has 0 spiro atoms. The first-order valence-electron chi connectivity index (χ1n) is 4.68. The Morgan fingerprint density at radius 2 is 1.43 bits per heavy atom. The van der Waals surface area contributed by atoms with Crippen LogP contribution in [-0.2, 0) is 0 Å². The molecule has 0 bridgehead atoms. The number of hydrogen-bond donors (Lipinski definition) is 0. The van der Waals surface area contributed by atoms with Crippen molar-refractivity contribution in [3.63, 3.8) is 0 Å². The van der Waals surface area contributed by atoms with Crippen molar-refractivity contribution in [1.29, 1.82) is 0 Å². The maximum atomic E-state index is 2.40. The molecular weight excluding hydrogens is 231 g/mol. The van der Waals surface area contributed by atoms with E-state index < -0.39 is 0 Å². The first-order chi connectivity index (χ1) is 6.95. The molecule has 1 heteroatoms. The quantitative estimate of drug-likeness (QED) is 0.614. The second-order valence-corrected chi connectivity index (χ2v) is 5.46. The summed E-state index contributed by atoms with van der Waals surface area (Å²) in [5.41, 5.74) is 0. The van der Waals surface area contributed by atoms with Crippen LogP contribution in [-0.4, -0.2) is 15.3 Å². The molecule has 14 heavy (non-hydrogen) atoms. The van der Waals surface area contributed by atoms with Crippen LogP contribution in [0.1, 0.15) is 0 Å². The number of rotatable bonds is 0. The molecule has 0 unspecified atom stereocenters. The van der Waals surface area contributed by atoms with E-state index in [0.717, 1.165) is 0 Å². The fourth-order valence-electron chi connectivity index (χ4n) is 1.81. The van der Waals surface area contributed by atoms with Crippen LogP contribution in [0.25, 0.3) is 4.86 Å². The molecule has 0 saturated heterocycles. The van der Waals surface area contributed by atoms with Crippen molar-refractivity contribution in [2.24, 2.45) is 0 Å². The minimum atomic E-state index is 0.226. The van der Waals surface area contributed by atoms with Crippen LogP contribution in [0, 0.1) is 14.4 Å². The van der Waals surface area contributed by atoms with E-state index in [9.17, 15) is 0 Å². The number of fused-ring (bicyclic) bond motifs is 2. The molecule has 0 radical (unpaired) electrons. The molecular formula is C13H9As. The first kappa shape index (κ1) is 8.20. The fraction of sp³-hybridized carbons (Fsp3) is 0. The third-order valence-electron chi connectivity index (χ3n) is 2.50. The molecule has 0 N–H and O–H groups in total. The average molecular weight is 240 g/mol. The molecule has 0 amide bonds. The van der Waals surface area contributed by atoms with Crippen LogP contribution >= 0.6 is 0 Å². The molecule has 0 aliphatic carbocycles. The van der Waals surface area contributed by atoms with Gasteiger partial charge in [-0.25, -0.2) is 0 Å². The van der Waals surface area contributed by atoms with Crippen LogP contribution < -0.4 is 5.22 Å². The summed E-state index contributed by atoms with van der Waals surface area (Å²) in [4.78, 5) is 2.40. The Morgan fingerprint density at radius 3 is 2.36 bits per heavy atom. The normalized spacial score (nSPS) is 13.1. The Labute approximate surface area is 88.4 Å². The molecule has 1 aliphatic heterocycles. The second-order valence-electron chi connectivity index (χ2n) is 3.36.